The number of rotatable bonds is 5. The van der Waals surface area contributed by atoms with Gasteiger partial charge in [-0.15, -0.1) is 11.3 Å². The maximum absolute atomic E-state index is 12.3. The largest absolute Gasteiger partial charge is 0.434 e. The molecule has 0 saturated heterocycles. The molecule has 1 atom stereocenters. The molecule has 0 fully saturated rings. The molecule has 2 aromatic carbocycles. The van der Waals surface area contributed by atoms with Gasteiger partial charge in [-0.05, 0) is 30.3 Å². The number of carbonyl (C=O) groups is 1. The van der Waals surface area contributed by atoms with Crippen molar-refractivity contribution in [2.75, 3.05) is 10.0 Å². The van der Waals surface area contributed by atoms with E-state index >= 15 is 0 Å². The molecular weight excluding hydrogens is 374 g/mol. The van der Waals surface area contributed by atoms with Crippen molar-refractivity contribution in [2.45, 2.75) is 11.1 Å². The van der Waals surface area contributed by atoms with Gasteiger partial charge in [-0.2, -0.15) is 0 Å². The van der Waals surface area contributed by atoms with Crippen molar-refractivity contribution in [1.29, 1.82) is 0 Å². The van der Waals surface area contributed by atoms with Gasteiger partial charge in [-0.25, -0.2) is 18.2 Å². The summed E-state index contributed by atoms with van der Waals surface area (Å²) < 4.78 is 32.4. The van der Waals surface area contributed by atoms with Crippen LogP contribution in [0.1, 0.15) is 22.1 Å². The smallest absolute Gasteiger partial charge is 0.340 e. The quantitative estimate of drug-likeness (QED) is 0.653. The summed E-state index contributed by atoms with van der Waals surface area (Å²) in [5, 5.41) is 5.08. The van der Waals surface area contributed by atoms with E-state index in [9.17, 15) is 13.2 Å². The molecule has 26 heavy (non-hydrogen) atoms. The van der Waals surface area contributed by atoms with Gasteiger partial charge in [0.15, 0.2) is 5.13 Å². The fraction of sp³-hybridized carbons (Fsp3) is 0.0588. The van der Waals surface area contributed by atoms with Crippen LogP contribution in [0.15, 0.2) is 65.0 Å². The Morgan fingerprint density at radius 2 is 1.85 bits per heavy atom. The molecular formula is C17H13N3O4S2. The second kappa shape index (κ2) is 6.43. The van der Waals surface area contributed by atoms with Crippen molar-refractivity contribution in [1.82, 2.24) is 4.98 Å². The van der Waals surface area contributed by atoms with Gasteiger partial charge in [0.05, 0.1) is 10.5 Å². The zero-order valence-electron chi connectivity index (χ0n) is 13.2. The molecule has 1 aliphatic rings. The lowest BCUT2D eigenvalue weighted by atomic mass is 10.1. The molecule has 0 bridgehead atoms. The fourth-order valence-electron chi connectivity index (χ4n) is 2.58. The van der Waals surface area contributed by atoms with Crippen molar-refractivity contribution in [3.05, 3.63) is 71.2 Å². The predicted molar refractivity (Wildman–Crippen MR) is 97.6 cm³/mol. The Morgan fingerprint density at radius 3 is 2.58 bits per heavy atom. The lowest BCUT2D eigenvalue weighted by Gasteiger charge is -2.14. The predicted octanol–water partition coefficient (Wildman–Crippen LogP) is 3.23. The Labute approximate surface area is 153 Å². The lowest BCUT2D eigenvalue weighted by molar-refractivity contribution is 0.0437. The Morgan fingerprint density at radius 1 is 1.08 bits per heavy atom. The monoisotopic (exact) mass is 387 g/mol. The van der Waals surface area contributed by atoms with E-state index in [2.05, 4.69) is 15.0 Å². The van der Waals surface area contributed by atoms with Crippen LogP contribution >= 0.6 is 11.3 Å². The highest BCUT2D eigenvalue weighted by Gasteiger charge is 2.30. The van der Waals surface area contributed by atoms with Crippen LogP contribution in [-0.4, -0.2) is 19.4 Å². The molecule has 0 radical (unpaired) electrons. The minimum Gasteiger partial charge on any atom is -0.434 e. The molecule has 4 rings (SSSR count). The molecule has 2 heterocycles. The molecule has 9 heteroatoms. The van der Waals surface area contributed by atoms with Crippen molar-refractivity contribution >= 4 is 38.1 Å². The summed E-state index contributed by atoms with van der Waals surface area (Å²) >= 11 is 1.20. The number of cyclic esters (lactones) is 1. The van der Waals surface area contributed by atoms with E-state index in [1.54, 1.807) is 29.6 Å². The fourth-order valence-corrected chi connectivity index (χ4v) is 4.37. The number of nitrogens with zero attached hydrogens (tertiary/aromatic N) is 1. The van der Waals surface area contributed by atoms with Crippen LogP contribution in [0.4, 0.5) is 10.8 Å². The Kier molecular flexibility index (Phi) is 4.09. The normalized spacial score (nSPS) is 16.0. The zero-order chi connectivity index (χ0) is 18.1. The SMILES string of the molecule is O=C1O[C@@H](Nc2ccc(S(=O)(=O)Nc3nccs3)cc2)c2ccccc21. The summed E-state index contributed by atoms with van der Waals surface area (Å²) in [6.45, 7) is 0. The summed E-state index contributed by atoms with van der Waals surface area (Å²) in [5.74, 6) is -0.384. The molecule has 3 aromatic rings. The van der Waals surface area contributed by atoms with Crippen molar-refractivity contribution in [3.8, 4) is 0 Å². The van der Waals surface area contributed by atoms with E-state index in [1.165, 1.54) is 29.7 Å². The number of hydrogen-bond acceptors (Lipinski definition) is 7. The van der Waals surface area contributed by atoms with Gasteiger partial charge in [-0.3, -0.25) is 4.72 Å². The Bertz CT molecular complexity index is 1050. The van der Waals surface area contributed by atoms with Gasteiger partial charge in [0.2, 0.25) is 6.23 Å². The van der Waals surface area contributed by atoms with Gasteiger partial charge in [0, 0.05) is 22.8 Å². The number of benzene rings is 2. The number of thiazole rings is 1. The van der Waals surface area contributed by atoms with E-state index in [4.69, 9.17) is 4.74 Å². The summed E-state index contributed by atoms with van der Waals surface area (Å²) in [6, 6.07) is 13.3. The van der Waals surface area contributed by atoms with Crippen LogP contribution in [0.2, 0.25) is 0 Å². The van der Waals surface area contributed by atoms with Crippen LogP contribution in [0.3, 0.4) is 0 Å². The molecule has 0 saturated carbocycles. The minimum atomic E-state index is -3.70. The second-order valence-electron chi connectivity index (χ2n) is 5.48. The minimum absolute atomic E-state index is 0.113. The Hall–Kier alpha value is -2.91. The summed E-state index contributed by atoms with van der Waals surface area (Å²) in [5.41, 5.74) is 1.91. The van der Waals surface area contributed by atoms with Gasteiger partial charge in [0.25, 0.3) is 10.0 Å². The van der Waals surface area contributed by atoms with Crippen molar-refractivity contribution < 1.29 is 17.9 Å². The average Bonchev–Trinajstić information content (AvgIpc) is 3.24. The molecule has 1 aromatic heterocycles. The molecule has 7 nitrogen and oxygen atoms in total. The van der Waals surface area contributed by atoms with Crippen molar-refractivity contribution in [3.63, 3.8) is 0 Å². The molecule has 2 N–H and O–H groups in total. The first-order chi connectivity index (χ1) is 12.5. The maximum atomic E-state index is 12.3. The van der Waals surface area contributed by atoms with Crippen LogP contribution in [0, 0.1) is 0 Å². The highest BCUT2D eigenvalue weighted by Crippen LogP contribution is 2.31. The molecule has 0 amide bonds. The topological polar surface area (TPSA) is 97.4 Å². The van der Waals surface area contributed by atoms with Gasteiger partial charge < -0.3 is 10.1 Å². The first-order valence-electron chi connectivity index (χ1n) is 7.62. The highest BCUT2D eigenvalue weighted by molar-refractivity contribution is 7.93. The van der Waals surface area contributed by atoms with Gasteiger partial charge in [-0.1, -0.05) is 18.2 Å². The molecule has 0 unspecified atom stereocenters. The number of sulfonamides is 1. The number of anilines is 2. The van der Waals surface area contributed by atoms with Crippen LogP contribution in [-0.2, 0) is 14.8 Å². The van der Waals surface area contributed by atoms with Crippen LogP contribution < -0.4 is 10.0 Å². The maximum Gasteiger partial charge on any atom is 0.340 e. The number of ether oxygens (including phenoxy) is 1. The third-order valence-electron chi connectivity index (χ3n) is 3.80. The number of nitrogens with one attached hydrogen (secondary N) is 2. The molecule has 132 valence electrons. The number of esters is 1. The first kappa shape index (κ1) is 16.6. The van der Waals surface area contributed by atoms with Crippen LogP contribution in [0.25, 0.3) is 0 Å². The molecule has 0 aliphatic carbocycles. The summed E-state index contributed by atoms with van der Waals surface area (Å²) in [4.78, 5) is 15.9. The number of carbonyl (C=O) groups excluding carboxylic acids is 1. The number of fused-ring (bicyclic) bond motifs is 1. The van der Waals surface area contributed by atoms with E-state index in [0.29, 0.717) is 16.4 Å². The van der Waals surface area contributed by atoms with Gasteiger partial charge in [0.1, 0.15) is 0 Å². The van der Waals surface area contributed by atoms with E-state index in [1.807, 2.05) is 12.1 Å². The van der Waals surface area contributed by atoms with Crippen molar-refractivity contribution in [2.24, 2.45) is 0 Å². The average molecular weight is 387 g/mol. The van der Waals surface area contributed by atoms with E-state index in [0.717, 1.165) is 5.56 Å². The highest BCUT2D eigenvalue weighted by atomic mass is 32.2. The third-order valence-corrected chi connectivity index (χ3v) is 5.98. The standard InChI is InChI=1S/C17H13N3O4S2/c21-16-14-4-2-1-3-13(14)15(24-16)19-11-5-7-12(8-6-11)26(22,23)20-17-18-9-10-25-17/h1-10,15,19H,(H,18,20)/t15-/m1/s1. The van der Waals surface area contributed by atoms with Gasteiger partial charge >= 0.3 is 5.97 Å². The van der Waals surface area contributed by atoms with E-state index in [-0.39, 0.29) is 10.9 Å². The first-order valence-corrected chi connectivity index (χ1v) is 9.98. The van der Waals surface area contributed by atoms with E-state index < -0.39 is 16.3 Å². The Balaban J connectivity index is 1.51. The van der Waals surface area contributed by atoms with Crippen LogP contribution in [0.5, 0.6) is 0 Å². The molecule has 1 aliphatic heterocycles. The third kappa shape index (κ3) is 3.14. The summed E-state index contributed by atoms with van der Waals surface area (Å²) in [7, 11) is -3.70. The molecule has 0 spiro atoms. The summed E-state index contributed by atoms with van der Waals surface area (Å²) in [6.07, 6.45) is 0.922. The number of aromatic nitrogens is 1. The number of hydrogen-bond donors (Lipinski definition) is 2. The zero-order valence-corrected chi connectivity index (χ0v) is 14.9. The lowest BCUT2D eigenvalue weighted by Crippen LogP contribution is -2.13. The second-order valence-corrected chi connectivity index (χ2v) is 8.06.